The van der Waals surface area contributed by atoms with Gasteiger partial charge in [-0.1, -0.05) is 35.0 Å². The number of amides is 1. The van der Waals surface area contributed by atoms with Crippen LogP contribution in [-0.4, -0.2) is 29.8 Å². The van der Waals surface area contributed by atoms with Crippen molar-refractivity contribution in [3.05, 3.63) is 59.4 Å². The molecule has 2 aromatic carbocycles. The summed E-state index contributed by atoms with van der Waals surface area (Å²) in [6.45, 7) is -0.0452. The summed E-state index contributed by atoms with van der Waals surface area (Å²) in [5, 5.41) is 7.05. The van der Waals surface area contributed by atoms with Crippen molar-refractivity contribution < 1.29 is 18.8 Å². The van der Waals surface area contributed by atoms with Gasteiger partial charge >= 0.3 is 0 Å². The molecule has 0 bridgehead atoms. The maximum absolute atomic E-state index is 11.9. The van der Waals surface area contributed by atoms with Crippen molar-refractivity contribution in [2.75, 3.05) is 13.7 Å². The fourth-order valence-corrected chi connectivity index (χ4v) is 2.36. The van der Waals surface area contributed by atoms with Crippen LogP contribution in [0.4, 0.5) is 0 Å². The molecule has 0 aliphatic rings. The van der Waals surface area contributed by atoms with E-state index < -0.39 is 0 Å². The minimum absolute atomic E-state index is 0.0950. The van der Waals surface area contributed by atoms with E-state index in [0.717, 1.165) is 0 Å². The molecule has 1 amide bonds. The number of methoxy groups -OCH3 is 1. The van der Waals surface area contributed by atoms with Crippen molar-refractivity contribution in [3.63, 3.8) is 0 Å². The summed E-state index contributed by atoms with van der Waals surface area (Å²) in [4.78, 5) is 16.1. The van der Waals surface area contributed by atoms with Crippen molar-refractivity contribution >= 4 is 17.5 Å². The van der Waals surface area contributed by atoms with E-state index in [1.54, 1.807) is 43.5 Å². The highest BCUT2D eigenvalue weighted by atomic mass is 35.5. The van der Waals surface area contributed by atoms with Crippen molar-refractivity contribution in [3.8, 4) is 22.9 Å². The Morgan fingerprint density at radius 3 is 2.81 bits per heavy atom. The first-order valence-electron chi connectivity index (χ1n) is 7.77. The van der Waals surface area contributed by atoms with Gasteiger partial charge in [-0.05, 0) is 24.3 Å². The molecule has 3 aromatic rings. The van der Waals surface area contributed by atoms with Gasteiger partial charge in [0.1, 0.15) is 11.5 Å². The molecular weight excluding hydrogens is 358 g/mol. The molecule has 8 heteroatoms. The Kier molecular flexibility index (Phi) is 5.70. The Morgan fingerprint density at radius 1 is 1.19 bits per heavy atom. The van der Waals surface area contributed by atoms with Crippen LogP contribution in [-0.2, 0) is 11.3 Å². The van der Waals surface area contributed by atoms with Gasteiger partial charge in [0, 0.05) is 11.6 Å². The maximum Gasteiger partial charge on any atom is 0.258 e. The van der Waals surface area contributed by atoms with E-state index in [9.17, 15) is 4.79 Å². The number of aromatic nitrogens is 2. The average molecular weight is 374 g/mol. The Hall–Kier alpha value is -3.06. The van der Waals surface area contributed by atoms with E-state index in [0.29, 0.717) is 27.9 Å². The summed E-state index contributed by atoms with van der Waals surface area (Å²) in [5.41, 5.74) is 0.664. The molecule has 1 N–H and O–H groups in total. The van der Waals surface area contributed by atoms with Crippen LogP contribution in [0.5, 0.6) is 11.5 Å². The number of nitrogens with one attached hydrogen (secondary N) is 1. The van der Waals surface area contributed by atoms with Gasteiger partial charge in [0.2, 0.25) is 11.7 Å². The number of halogens is 1. The van der Waals surface area contributed by atoms with Crippen LogP contribution in [0, 0.1) is 0 Å². The van der Waals surface area contributed by atoms with Gasteiger partial charge in [0.15, 0.2) is 6.61 Å². The second-order valence-electron chi connectivity index (χ2n) is 5.24. The second kappa shape index (κ2) is 8.35. The van der Waals surface area contributed by atoms with Gasteiger partial charge in [0.05, 0.1) is 18.7 Å². The fourth-order valence-electron chi connectivity index (χ4n) is 2.14. The Balaban J connectivity index is 1.51. The first-order chi connectivity index (χ1) is 12.7. The molecule has 1 aromatic heterocycles. The summed E-state index contributed by atoms with van der Waals surface area (Å²) >= 11 is 6.10. The summed E-state index contributed by atoms with van der Waals surface area (Å²) < 4.78 is 15.6. The molecule has 1 heterocycles. The van der Waals surface area contributed by atoms with E-state index in [2.05, 4.69) is 15.5 Å². The molecule has 0 atom stereocenters. The number of nitrogens with zero attached hydrogens (tertiary/aromatic N) is 2. The van der Waals surface area contributed by atoms with Crippen LogP contribution < -0.4 is 14.8 Å². The maximum atomic E-state index is 11.9. The average Bonchev–Trinajstić information content (AvgIpc) is 3.14. The van der Waals surface area contributed by atoms with Crippen molar-refractivity contribution in [2.45, 2.75) is 6.54 Å². The zero-order valence-electron chi connectivity index (χ0n) is 13.9. The molecule has 0 fully saturated rings. The predicted octanol–water partition coefficient (Wildman–Crippen LogP) is 3.09. The molecule has 0 unspecified atom stereocenters. The molecule has 0 saturated carbocycles. The third-order valence-electron chi connectivity index (χ3n) is 3.43. The number of benzene rings is 2. The van der Waals surface area contributed by atoms with Crippen LogP contribution in [0.3, 0.4) is 0 Å². The van der Waals surface area contributed by atoms with E-state index in [1.165, 1.54) is 0 Å². The third-order valence-corrected chi connectivity index (χ3v) is 3.76. The standard InChI is InChI=1S/C18H16ClN3O4/c1-24-12-5-4-6-13(9-12)25-11-16(23)20-10-17-21-18(22-26-17)14-7-2-3-8-15(14)19/h2-9H,10-11H2,1H3,(H,20,23). The van der Waals surface area contributed by atoms with Crippen LogP contribution in [0.1, 0.15) is 5.89 Å². The molecule has 26 heavy (non-hydrogen) atoms. The highest BCUT2D eigenvalue weighted by Gasteiger charge is 2.12. The number of rotatable bonds is 7. The van der Waals surface area contributed by atoms with Gasteiger partial charge < -0.3 is 19.3 Å². The minimum Gasteiger partial charge on any atom is -0.497 e. The monoisotopic (exact) mass is 373 g/mol. The van der Waals surface area contributed by atoms with Gasteiger partial charge in [-0.3, -0.25) is 4.79 Å². The van der Waals surface area contributed by atoms with Gasteiger partial charge in [-0.2, -0.15) is 4.98 Å². The van der Waals surface area contributed by atoms with E-state index in [1.807, 2.05) is 12.1 Å². The summed E-state index contributed by atoms with van der Waals surface area (Å²) in [7, 11) is 1.56. The fraction of sp³-hybridized carbons (Fsp3) is 0.167. The summed E-state index contributed by atoms with van der Waals surface area (Å²) in [6, 6.07) is 14.2. The molecule has 0 radical (unpaired) electrons. The summed E-state index contributed by atoms with van der Waals surface area (Å²) in [6.07, 6.45) is 0. The molecule has 0 spiro atoms. The molecule has 0 saturated heterocycles. The zero-order valence-corrected chi connectivity index (χ0v) is 14.7. The third kappa shape index (κ3) is 4.52. The number of carbonyl (C=O) groups is 1. The predicted molar refractivity (Wildman–Crippen MR) is 95.1 cm³/mol. The Morgan fingerprint density at radius 2 is 2.00 bits per heavy atom. The smallest absolute Gasteiger partial charge is 0.258 e. The van der Waals surface area contributed by atoms with Crippen LogP contribution in [0.2, 0.25) is 5.02 Å². The highest BCUT2D eigenvalue weighted by molar-refractivity contribution is 6.33. The van der Waals surface area contributed by atoms with Crippen molar-refractivity contribution in [1.29, 1.82) is 0 Å². The second-order valence-corrected chi connectivity index (χ2v) is 5.64. The lowest BCUT2D eigenvalue weighted by Gasteiger charge is -2.07. The lowest BCUT2D eigenvalue weighted by Crippen LogP contribution is -2.28. The molecule has 134 valence electrons. The molecule has 7 nitrogen and oxygen atoms in total. The Bertz CT molecular complexity index is 897. The number of carbonyl (C=O) groups excluding carboxylic acids is 1. The lowest BCUT2D eigenvalue weighted by molar-refractivity contribution is -0.123. The van der Waals surface area contributed by atoms with E-state index in [-0.39, 0.29) is 24.9 Å². The zero-order chi connectivity index (χ0) is 18.4. The van der Waals surface area contributed by atoms with Gasteiger partial charge in [-0.15, -0.1) is 0 Å². The van der Waals surface area contributed by atoms with E-state index >= 15 is 0 Å². The topological polar surface area (TPSA) is 86.5 Å². The van der Waals surface area contributed by atoms with Crippen LogP contribution in [0.25, 0.3) is 11.4 Å². The first kappa shape index (κ1) is 17.8. The van der Waals surface area contributed by atoms with Gasteiger partial charge in [0.25, 0.3) is 5.91 Å². The number of hydrogen-bond donors (Lipinski definition) is 1. The Labute approximate surface area is 154 Å². The normalized spacial score (nSPS) is 10.4. The van der Waals surface area contributed by atoms with Crippen molar-refractivity contribution in [1.82, 2.24) is 15.5 Å². The largest absolute Gasteiger partial charge is 0.497 e. The minimum atomic E-state index is -0.315. The van der Waals surface area contributed by atoms with Gasteiger partial charge in [-0.25, -0.2) is 0 Å². The van der Waals surface area contributed by atoms with Crippen LogP contribution >= 0.6 is 11.6 Å². The SMILES string of the molecule is COc1cccc(OCC(=O)NCc2nc(-c3ccccc3Cl)no2)c1. The molecular formula is C18H16ClN3O4. The molecule has 0 aliphatic heterocycles. The summed E-state index contributed by atoms with van der Waals surface area (Å²) in [5.74, 6) is 1.52. The highest BCUT2D eigenvalue weighted by Crippen LogP contribution is 2.24. The molecule has 3 rings (SSSR count). The lowest BCUT2D eigenvalue weighted by atomic mass is 10.2. The quantitative estimate of drug-likeness (QED) is 0.684. The number of ether oxygens (including phenoxy) is 2. The molecule has 0 aliphatic carbocycles. The van der Waals surface area contributed by atoms with Crippen LogP contribution in [0.15, 0.2) is 53.1 Å². The van der Waals surface area contributed by atoms with E-state index in [4.69, 9.17) is 25.6 Å². The van der Waals surface area contributed by atoms with Crippen molar-refractivity contribution in [2.24, 2.45) is 0 Å². The first-order valence-corrected chi connectivity index (χ1v) is 8.14. The number of hydrogen-bond acceptors (Lipinski definition) is 6.